The Bertz CT molecular complexity index is 630. The van der Waals surface area contributed by atoms with E-state index in [9.17, 15) is 10.1 Å². The quantitative estimate of drug-likeness (QED) is 0.645. The van der Waals surface area contributed by atoms with Crippen LogP contribution in [0.2, 0.25) is 0 Å². The minimum Gasteiger partial charge on any atom is -0.377 e. The number of rotatable bonds is 4. The first-order chi connectivity index (χ1) is 9.11. The van der Waals surface area contributed by atoms with Crippen molar-refractivity contribution in [1.82, 2.24) is 10.2 Å². The lowest BCUT2D eigenvalue weighted by Gasteiger charge is -2.14. The first-order valence-corrected chi connectivity index (χ1v) is 5.55. The van der Waals surface area contributed by atoms with E-state index in [-0.39, 0.29) is 17.3 Å². The molecule has 0 amide bonds. The van der Waals surface area contributed by atoms with Crippen LogP contribution >= 0.6 is 0 Å². The van der Waals surface area contributed by atoms with Gasteiger partial charge >= 0.3 is 0 Å². The maximum atomic E-state index is 10.7. The van der Waals surface area contributed by atoms with Crippen LogP contribution in [0.25, 0.3) is 0 Å². The van der Waals surface area contributed by atoms with Crippen molar-refractivity contribution in [3.8, 4) is 6.07 Å². The van der Waals surface area contributed by atoms with E-state index in [0.29, 0.717) is 5.69 Å². The smallest absolute Gasteiger partial charge is 0.270 e. The monoisotopic (exact) mass is 257 g/mol. The summed E-state index contributed by atoms with van der Waals surface area (Å²) >= 11 is 0. The van der Waals surface area contributed by atoms with Crippen LogP contribution in [-0.4, -0.2) is 15.1 Å². The summed E-state index contributed by atoms with van der Waals surface area (Å²) in [4.78, 5) is 10.1. The molecule has 0 saturated carbocycles. The van der Waals surface area contributed by atoms with E-state index in [4.69, 9.17) is 5.26 Å². The maximum absolute atomic E-state index is 10.7. The number of anilines is 1. The Morgan fingerprint density at radius 1 is 1.58 bits per heavy atom. The summed E-state index contributed by atoms with van der Waals surface area (Å²) in [6, 6.07) is 6.04. The van der Waals surface area contributed by atoms with Crippen LogP contribution in [0.15, 0.2) is 30.6 Å². The van der Waals surface area contributed by atoms with E-state index in [2.05, 4.69) is 15.5 Å². The van der Waals surface area contributed by atoms with Crippen LogP contribution in [0.3, 0.4) is 0 Å². The molecule has 96 valence electrons. The average Bonchev–Trinajstić information content (AvgIpc) is 2.92. The summed E-state index contributed by atoms with van der Waals surface area (Å²) in [5.41, 5.74) is 1.63. The Morgan fingerprint density at radius 3 is 2.95 bits per heavy atom. The van der Waals surface area contributed by atoms with Crippen LogP contribution < -0.4 is 5.32 Å². The number of nitrogens with one attached hydrogen (secondary N) is 2. The molecule has 19 heavy (non-hydrogen) atoms. The molecule has 1 heterocycles. The molecular formula is C12H11N5O2. The number of non-ortho nitro benzene ring substituents is 1. The second kappa shape index (κ2) is 5.18. The lowest BCUT2D eigenvalue weighted by atomic mass is 10.1. The third-order valence-electron chi connectivity index (χ3n) is 2.73. The maximum Gasteiger partial charge on any atom is 0.270 e. The van der Waals surface area contributed by atoms with Crippen molar-refractivity contribution in [3.05, 3.63) is 51.8 Å². The van der Waals surface area contributed by atoms with E-state index in [1.165, 1.54) is 18.2 Å². The van der Waals surface area contributed by atoms with Gasteiger partial charge in [-0.3, -0.25) is 15.2 Å². The van der Waals surface area contributed by atoms with Crippen LogP contribution in [0.1, 0.15) is 24.1 Å². The number of aromatic nitrogens is 2. The zero-order valence-electron chi connectivity index (χ0n) is 10.1. The van der Waals surface area contributed by atoms with E-state index < -0.39 is 4.92 Å². The molecule has 0 fully saturated rings. The number of H-pyrrole nitrogens is 1. The number of nitro groups is 1. The Labute approximate surface area is 109 Å². The Balaban J connectivity index is 2.26. The molecule has 7 heteroatoms. The predicted molar refractivity (Wildman–Crippen MR) is 68.4 cm³/mol. The minimum absolute atomic E-state index is 0.0627. The van der Waals surface area contributed by atoms with Crippen molar-refractivity contribution in [2.45, 2.75) is 13.0 Å². The number of nitro benzene ring substituents is 1. The Kier molecular flexibility index (Phi) is 3.43. The average molecular weight is 257 g/mol. The molecule has 0 spiro atoms. The fourth-order valence-electron chi connectivity index (χ4n) is 1.68. The number of aromatic amines is 1. The molecule has 0 bridgehead atoms. The first-order valence-electron chi connectivity index (χ1n) is 5.55. The van der Waals surface area contributed by atoms with Gasteiger partial charge in [0.25, 0.3) is 5.69 Å². The highest BCUT2D eigenvalue weighted by Crippen LogP contribution is 2.25. The molecule has 1 aromatic heterocycles. The van der Waals surface area contributed by atoms with Gasteiger partial charge in [0, 0.05) is 23.9 Å². The van der Waals surface area contributed by atoms with E-state index >= 15 is 0 Å². The molecular weight excluding hydrogens is 246 g/mol. The normalized spacial score (nSPS) is 11.6. The fourth-order valence-corrected chi connectivity index (χ4v) is 1.68. The zero-order valence-corrected chi connectivity index (χ0v) is 10.1. The molecule has 0 saturated heterocycles. The van der Waals surface area contributed by atoms with Gasteiger partial charge in [0.1, 0.15) is 6.07 Å². The standard InChI is InChI=1S/C12H11N5O2/c1-8(10-6-14-15-7-10)16-12-3-2-11(17(18)19)4-9(12)5-13/h2-4,6-8,16H,1H3,(H,14,15). The van der Waals surface area contributed by atoms with Crippen LogP contribution in [0.4, 0.5) is 11.4 Å². The molecule has 1 unspecified atom stereocenters. The van der Waals surface area contributed by atoms with Crippen molar-refractivity contribution in [2.24, 2.45) is 0 Å². The number of hydrogen-bond acceptors (Lipinski definition) is 5. The van der Waals surface area contributed by atoms with Gasteiger partial charge in [-0.15, -0.1) is 0 Å². The Morgan fingerprint density at radius 2 is 2.37 bits per heavy atom. The van der Waals surface area contributed by atoms with Crippen LogP contribution in [0.5, 0.6) is 0 Å². The van der Waals surface area contributed by atoms with Gasteiger partial charge in [0.2, 0.25) is 0 Å². The van der Waals surface area contributed by atoms with Crippen molar-refractivity contribution in [3.63, 3.8) is 0 Å². The van der Waals surface area contributed by atoms with Gasteiger partial charge in [0.05, 0.1) is 28.4 Å². The van der Waals surface area contributed by atoms with E-state index in [1.807, 2.05) is 13.0 Å². The van der Waals surface area contributed by atoms with Gasteiger partial charge in [-0.05, 0) is 13.0 Å². The van der Waals surface area contributed by atoms with Crippen molar-refractivity contribution in [1.29, 1.82) is 5.26 Å². The van der Waals surface area contributed by atoms with Crippen molar-refractivity contribution >= 4 is 11.4 Å². The van der Waals surface area contributed by atoms with Crippen LogP contribution in [-0.2, 0) is 0 Å². The summed E-state index contributed by atoms with van der Waals surface area (Å²) in [6.45, 7) is 1.91. The fraction of sp³-hybridized carbons (Fsp3) is 0.167. The summed E-state index contributed by atoms with van der Waals surface area (Å²) < 4.78 is 0. The zero-order chi connectivity index (χ0) is 13.8. The highest BCUT2D eigenvalue weighted by molar-refractivity contribution is 5.62. The molecule has 2 N–H and O–H groups in total. The van der Waals surface area contributed by atoms with E-state index in [1.54, 1.807) is 12.4 Å². The third-order valence-corrected chi connectivity index (χ3v) is 2.73. The van der Waals surface area contributed by atoms with Crippen molar-refractivity contribution < 1.29 is 4.92 Å². The lowest BCUT2D eigenvalue weighted by molar-refractivity contribution is -0.384. The third kappa shape index (κ3) is 2.69. The largest absolute Gasteiger partial charge is 0.377 e. The molecule has 0 radical (unpaired) electrons. The predicted octanol–water partition coefficient (Wildman–Crippen LogP) is 2.36. The van der Waals surface area contributed by atoms with E-state index in [0.717, 1.165) is 5.56 Å². The van der Waals surface area contributed by atoms with Gasteiger partial charge in [0.15, 0.2) is 0 Å². The van der Waals surface area contributed by atoms with Gasteiger partial charge < -0.3 is 5.32 Å². The molecule has 1 aromatic carbocycles. The number of nitriles is 1. The summed E-state index contributed by atoms with van der Waals surface area (Å²) in [5.74, 6) is 0. The highest BCUT2D eigenvalue weighted by Gasteiger charge is 2.13. The lowest BCUT2D eigenvalue weighted by Crippen LogP contribution is -2.07. The summed E-state index contributed by atoms with van der Waals surface area (Å²) in [5, 5.41) is 29.4. The van der Waals surface area contributed by atoms with Crippen LogP contribution in [0, 0.1) is 21.4 Å². The topological polar surface area (TPSA) is 108 Å². The summed E-state index contributed by atoms with van der Waals surface area (Å²) in [6.07, 6.45) is 3.42. The molecule has 0 aliphatic rings. The minimum atomic E-state index is -0.524. The van der Waals surface area contributed by atoms with Gasteiger partial charge in [-0.25, -0.2) is 0 Å². The number of nitrogens with zero attached hydrogens (tertiary/aromatic N) is 3. The molecule has 7 nitrogen and oxygen atoms in total. The number of hydrogen-bond donors (Lipinski definition) is 2. The SMILES string of the molecule is CC(Nc1ccc([N+](=O)[O-])cc1C#N)c1cn[nH]c1. The molecule has 2 aromatic rings. The summed E-state index contributed by atoms with van der Waals surface area (Å²) in [7, 11) is 0. The second-order valence-corrected chi connectivity index (χ2v) is 4.00. The second-order valence-electron chi connectivity index (χ2n) is 4.00. The molecule has 0 aliphatic heterocycles. The highest BCUT2D eigenvalue weighted by atomic mass is 16.6. The molecule has 2 rings (SSSR count). The first kappa shape index (κ1) is 12.6. The molecule has 1 atom stereocenters. The van der Waals surface area contributed by atoms with Gasteiger partial charge in [-0.2, -0.15) is 10.4 Å². The Hall–Kier alpha value is -2.88. The molecule has 0 aliphatic carbocycles. The van der Waals surface area contributed by atoms with Gasteiger partial charge in [-0.1, -0.05) is 0 Å². The number of benzene rings is 1. The van der Waals surface area contributed by atoms with Crippen molar-refractivity contribution in [2.75, 3.05) is 5.32 Å².